The van der Waals surface area contributed by atoms with Gasteiger partial charge in [-0.05, 0) is 101 Å². The Hall–Kier alpha value is -6.16. The monoisotopic (exact) mass is 642 g/mol. The number of hydrogen-bond donors (Lipinski definition) is 0. The molecule has 0 aliphatic heterocycles. The van der Waals surface area contributed by atoms with Crippen molar-refractivity contribution in [3.8, 4) is 16.8 Å². The van der Waals surface area contributed by atoms with Crippen LogP contribution in [0, 0.1) is 0 Å². The fourth-order valence-electron chi connectivity index (χ4n) is 7.47. The van der Waals surface area contributed by atoms with Crippen LogP contribution in [-0.4, -0.2) is 4.57 Å². The Bertz CT molecular complexity index is 2770. The molecule has 0 N–H and O–H groups in total. The van der Waals surface area contributed by atoms with Crippen molar-refractivity contribution in [3.05, 3.63) is 182 Å². The summed E-state index contributed by atoms with van der Waals surface area (Å²) in [6, 6.07) is 66.0. The molecule has 0 aliphatic rings. The molecule has 0 radical (unpaired) electrons. The summed E-state index contributed by atoms with van der Waals surface area (Å²) in [4.78, 5) is 2.32. The molecule has 0 aliphatic carbocycles. The van der Waals surface area contributed by atoms with Crippen LogP contribution in [-0.2, 0) is 0 Å². The Balaban J connectivity index is 1.14. The van der Waals surface area contributed by atoms with Crippen molar-refractivity contribution in [2.45, 2.75) is 0 Å². The molecule has 49 heavy (non-hydrogen) atoms. The van der Waals surface area contributed by atoms with Crippen molar-refractivity contribution in [2.24, 2.45) is 0 Å². The first-order valence-electron chi connectivity index (χ1n) is 16.7. The molecule has 0 spiro atoms. The van der Waals surface area contributed by atoms with Crippen molar-refractivity contribution in [3.63, 3.8) is 0 Å². The number of thiophene rings is 1. The Morgan fingerprint density at radius 2 is 1.02 bits per heavy atom. The minimum atomic E-state index is 1.14. The van der Waals surface area contributed by atoms with Crippen molar-refractivity contribution >= 4 is 81.1 Å². The van der Waals surface area contributed by atoms with Gasteiger partial charge in [0.1, 0.15) is 0 Å². The van der Waals surface area contributed by atoms with Crippen LogP contribution >= 0.6 is 11.3 Å². The maximum atomic E-state index is 2.42. The van der Waals surface area contributed by atoms with E-state index in [0.29, 0.717) is 0 Å². The van der Waals surface area contributed by atoms with E-state index in [2.05, 4.69) is 191 Å². The average Bonchev–Trinajstić information content (AvgIpc) is 3.71. The summed E-state index contributed by atoms with van der Waals surface area (Å²) < 4.78 is 5.10. The van der Waals surface area contributed by atoms with Crippen molar-refractivity contribution in [1.29, 1.82) is 0 Å². The van der Waals surface area contributed by atoms with Gasteiger partial charge in [-0.2, -0.15) is 0 Å². The van der Waals surface area contributed by atoms with Crippen LogP contribution in [0.3, 0.4) is 0 Å². The Labute approximate surface area is 288 Å². The number of rotatable bonds is 5. The first-order valence-corrected chi connectivity index (χ1v) is 17.5. The third kappa shape index (κ3) is 4.55. The largest absolute Gasteiger partial charge is 0.310 e. The van der Waals surface area contributed by atoms with Crippen LogP contribution < -0.4 is 4.90 Å². The van der Waals surface area contributed by atoms with E-state index >= 15 is 0 Å². The fourth-order valence-corrected chi connectivity index (χ4v) is 8.73. The molecule has 2 nitrogen and oxygen atoms in total. The average molecular weight is 643 g/mol. The van der Waals surface area contributed by atoms with E-state index in [0.717, 1.165) is 17.1 Å². The molecule has 0 atom stereocenters. The van der Waals surface area contributed by atoms with Crippen LogP contribution in [0.5, 0.6) is 0 Å². The molecule has 3 heteroatoms. The van der Waals surface area contributed by atoms with Gasteiger partial charge < -0.3 is 9.47 Å². The molecule has 0 saturated carbocycles. The van der Waals surface area contributed by atoms with E-state index in [1.54, 1.807) is 0 Å². The van der Waals surface area contributed by atoms with Gasteiger partial charge in [0.15, 0.2) is 0 Å². The van der Waals surface area contributed by atoms with Gasteiger partial charge in [0.25, 0.3) is 0 Å². The van der Waals surface area contributed by atoms with E-state index in [4.69, 9.17) is 0 Å². The number of para-hydroxylation sites is 3. The number of hydrogen-bond acceptors (Lipinski definition) is 2. The predicted molar refractivity (Wildman–Crippen MR) is 211 cm³/mol. The fraction of sp³-hybridized carbons (Fsp3) is 0. The van der Waals surface area contributed by atoms with E-state index in [1.165, 1.54) is 69.6 Å². The first-order chi connectivity index (χ1) is 24.3. The Morgan fingerprint density at radius 1 is 0.408 bits per heavy atom. The molecule has 8 aromatic carbocycles. The summed E-state index contributed by atoms with van der Waals surface area (Å²) in [5.41, 5.74) is 9.50. The Kier molecular flexibility index (Phi) is 6.39. The molecular formula is C46H30N2S. The van der Waals surface area contributed by atoms with Crippen LogP contribution in [0.15, 0.2) is 182 Å². The number of anilines is 3. The zero-order valence-electron chi connectivity index (χ0n) is 26.6. The smallest absolute Gasteiger partial charge is 0.0555 e. The lowest BCUT2D eigenvalue weighted by atomic mass is 9.98. The standard InChI is InChI=1S/C46H30N2S/c1-4-12-35(13-5-1)47(36-14-6-2-7-15-36)38-24-22-32-28-31(20-21-33(32)29-38)34-23-26-42-41(30-34)45-43(48(42)37-16-8-3-9-17-37)27-25-40-39-18-10-11-19-44(39)49-46(40)45/h1-30H. The zero-order chi connectivity index (χ0) is 32.3. The summed E-state index contributed by atoms with van der Waals surface area (Å²) in [7, 11) is 0. The normalized spacial score (nSPS) is 11.7. The molecule has 10 rings (SSSR count). The lowest BCUT2D eigenvalue weighted by Gasteiger charge is -2.25. The van der Waals surface area contributed by atoms with Gasteiger partial charge in [0.05, 0.1) is 11.0 Å². The highest BCUT2D eigenvalue weighted by atomic mass is 32.1. The molecule has 10 aromatic rings. The third-order valence-corrected chi connectivity index (χ3v) is 10.9. The summed E-state index contributed by atoms with van der Waals surface area (Å²) in [5, 5.41) is 7.70. The molecule has 0 bridgehead atoms. The maximum Gasteiger partial charge on any atom is 0.0555 e. The second-order valence-corrected chi connectivity index (χ2v) is 13.6. The topological polar surface area (TPSA) is 8.17 Å². The number of benzene rings is 8. The highest BCUT2D eigenvalue weighted by Crippen LogP contribution is 2.44. The van der Waals surface area contributed by atoms with Crippen LogP contribution in [0.4, 0.5) is 17.1 Å². The number of aromatic nitrogens is 1. The van der Waals surface area contributed by atoms with Gasteiger partial charge in [-0.3, -0.25) is 0 Å². The van der Waals surface area contributed by atoms with Gasteiger partial charge in [0.2, 0.25) is 0 Å². The highest BCUT2D eigenvalue weighted by molar-refractivity contribution is 7.26. The number of nitrogens with zero attached hydrogens (tertiary/aromatic N) is 2. The van der Waals surface area contributed by atoms with Gasteiger partial charge in [0, 0.05) is 53.7 Å². The summed E-state index contributed by atoms with van der Waals surface area (Å²) in [6.07, 6.45) is 0. The van der Waals surface area contributed by atoms with E-state index in [1.807, 2.05) is 11.3 Å². The number of fused-ring (bicyclic) bond motifs is 8. The van der Waals surface area contributed by atoms with Gasteiger partial charge in [-0.1, -0.05) is 103 Å². The molecule has 0 amide bonds. The quantitative estimate of drug-likeness (QED) is 0.181. The minimum Gasteiger partial charge on any atom is -0.310 e. The Morgan fingerprint density at radius 3 is 1.80 bits per heavy atom. The zero-order valence-corrected chi connectivity index (χ0v) is 27.4. The van der Waals surface area contributed by atoms with Crippen molar-refractivity contribution in [1.82, 2.24) is 4.57 Å². The molecule has 2 aromatic heterocycles. The third-order valence-electron chi connectivity index (χ3n) is 9.73. The van der Waals surface area contributed by atoms with Crippen LogP contribution in [0.2, 0.25) is 0 Å². The maximum absolute atomic E-state index is 2.42. The highest BCUT2D eigenvalue weighted by Gasteiger charge is 2.18. The molecule has 0 fully saturated rings. The van der Waals surface area contributed by atoms with E-state index < -0.39 is 0 Å². The molecule has 2 heterocycles. The summed E-state index contributed by atoms with van der Waals surface area (Å²) in [5.74, 6) is 0. The van der Waals surface area contributed by atoms with Gasteiger partial charge in [-0.15, -0.1) is 11.3 Å². The second kappa shape index (κ2) is 11.2. The second-order valence-electron chi connectivity index (χ2n) is 12.6. The molecule has 230 valence electrons. The SMILES string of the molecule is c1ccc(N(c2ccccc2)c2ccc3cc(-c4ccc5c(c4)c4c6sc7ccccc7c6ccc4n5-c4ccccc4)ccc3c2)cc1. The van der Waals surface area contributed by atoms with Gasteiger partial charge in [-0.25, -0.2) is 0 Å². The lowest BCUT2D eigenvalue weighted by molar-refractivity contribution is 1.18. The molecule has 0 unspecified atom stereocenters. The molecular weight excluding hydrogens is 613 g/mol. The first kappa shape index (κ1) is 27.9. The van der Waals surface area contributed by atoms with Crippen LogP contribution in [0.25, 0.3) is 69.6 Å². The molecule has 0 saturated heterocycles. The lowest BCUT2D eigenvalue weighted by Crippen LogP contribution is -2.09. The van der Waals surface area contributed by atoms with E-state index in [-0.39, 0.29) is 0 Å². The van der Waals surface area contributed by atoms with Crippen molar-refractivity contribution < 1.29 is 0 Å². The van der Waals surface area contributed by atoms with E-state index in [9.17, 15) is 0 Å². The van der Waals surface area contributed by atoms with Crippen LogP contribution in [0.1, 0.15) is 0 Å². The van der Waals surface area contributed by atoms with Gasteiger partial charge >= 0.3 is 0 Å². The summed E-state index contributed by atoms with van der Waals surface area (Å²) in [6.45, 7) is 0. The summed E-state index contributed by atoms with van der Waals surface area (Å²) >= 11 is 1.90. The van der Waals surface area contributed by atoms with Crippen molar-refractivity contribution in [2.75, 3.05) is 4.90 Å². The minimum absolute atomic E-state index is 1.14. The predicted octanol–water partition coefficient (Wildman–Crippen LogP) is 13.4.